The number of nitrogens with two attached hydrogens (primary N) is 1. The van der Waals surface area contributed by atoms with Crippen LogP contribution in [-0.2, 0) is 0 Å². The average molecular weight is 265 g/mol. The van der Waals surface area contributed by atoms with Crippen molar-refractivity contribution in [2.45, 2.75) is 44.2 Å². The first-order valence-electron chi connectivity index (χ1n) is 6.96. The van der Waals surface area contributed by atoms with Crippen molar-refractivity contribution in [3.63, 3.8) is 0 Å². The molecule has 0 radical (unpaired) electrons. The van der Waals surface area contributed by atoms with Gasteiger partial charge in [0, 0.05) is 29.8 Å². The van der Waals surface area contributed by atoms with Crippen LogP contribution in [0.25, 0.3) is 0 Å². The highest BCUT2D eigenvalue weighted by Gasteiger charge is 2.38. The Morgan fingerprint density at radius 2 is 2.00 bits per heavy atom. The van der Waals surface area contributed by atoms with Crippen LogP contribution in [0.3, 0.4) is 0 Å². The molecule has 1 saturated carbocycles. The average Bonchev–Trinajstić information content (AvgIpc) is 2.61. The van der Waals surface area contributed by atoms with Crippen molar-refractivity contribution in [1.82, 2.24) is 0 Å². The number of halogens is 1. The van der Waals surface area contributed by atoms with E-state index in [1.165, 1.54) is 43.4 Å². The Balaban J connectivity index is 2.04. The molecule has 3 heteroatoms. The normalized spacial score (nSPS) is 31.5. The summed E-state index contributed by atoms with van der Waals surface area (Å²) in [6.45, 7) is 0. The van der Waals surface area contributed by atoms with Crippen molar-refractivity contribution in [2.75, 3.05) is 11.9 Å². The van der Waals surface area contributed by atoms with Gasteiger partial charge in [-0.2, -0.15) is 0 Å². The number of hydrogen-bond donors (Lipinski definition) is 1. The lowest BCUT2D eigenvalue weighted by Crippen LogP contribution is -2.46. The molecule has 98 valence electrons. The summed E-state index contributed by atoms with van der Waals surface area (Å²) < 4.78 is 0. The van der Waals surface area contributed by atoms with Gasteiger partial charge in [-0.25, -0.2) is 0 Å². The molecule has 0 aromatic heterocycles. The van der Waals surface area contributed by atoms with Gasteiger partial charge < -0.3 is 10.6 Å². The van der Waals surface area contributed by atoms with Crippen LogP contribution in [0.5, 0.6) is 0 Å². The van der Waals surface area contributed by atoms with Gasteiger partial charge in [0.15, 0.2) is 0 Å². The van der Waals surface area contributed by atoms with Gasteiger partial charge >= 0.3 is 0 Å². The van der Waals surface area contributed by atoms with Crippen LogP contribution < -0.4 is 10.6 Å². The van der Waals surface area contributed by atoms with E-state index in [0.717, 1.165) is 5.02 Å². The lowest BCUT2D eigenvalue weighted by molar-refractivity contribution is 0.311. The van der Waals surface area contributed by atoms with E-state index in [-0.39, 0.29) is 6.04 Å². The van der Waals surface area contributed by atoms with Crippen LogP contribution in [0.15, 0.2) is 18.2 Å². The second kappa shape index (κ2) is 4.75. The molecule has 0 saturated heterocycles. The zero-order valence-electron chi connectivity index (χ0n) is 10.9. The fraction of sp³-hybridized carbons (Fsp3) is 0.600. The van der Waals surface area contributed by atoms with Gasteiger partial charge in [0.05, 0.1) is 0 Å². The Labute approximate surface area is 114 Å². The number of nitrogens with zero attached hydrogens (tertiary/aromatic N) is 1. The highest BCUT2D eigenvalue weighted by Crippen LogP contribution is 2.44. The Bertz CT molecular complexity index is 446. The van der Waals surface area contributed by atoms with E-state index in [1.807, 2.05) is 6.07 Å². The molecule has 1 heterocycles. The minimum atomic E-state index is 0.151. The predicted octanol–water partition coefficient (Wildman–Crippen LogP) is 3.74. The Morgan fingerprint density at radius 3 is 2.83 bits per heavy atom. The fourth-order valence-corrected chi connectivity index (χ4v) is 3.92. The first-order chi connectivity index (χ1) is 8.68. The van der Waals surface area contributed by atoms with E-state index in [9.17, 15) is 0 Å². The van der Waals surface area contributed by atoms with E-state index < -0.39 is 0 Å². The van der Waals surface area contributed by atoms with E-state index in [4.69, 9.17) is 17.3 Å². The maximum atomic E-state index is 6.52. The van der Waals surface area contributed by atoms with Gasteiger partial charge in [0.2, 0.25) is 0 Å². The minimum Gasteiger partial charge on any atom is -0.371 e. The SMILES string of the molecule is CN1c2ccc(Cl)cc2C(N)C2CCCCCC21. The van der Waals surface area contributed by atoms with Gasteiger partial charge in [-0.1, -0.05) is 30.9 Å². The summed E-state index contributed by atoms with van der Waals surface area (Å²) in [5.41, 5.74) is 9.02. The van der Waals surface area contributed by atoms with E-state index >= 15 is 0 Å². The highest BCUT2D eigenvalue weighted by molar-refractivity contribution is 6.30. The third kappa shape index (κ3) is 1.92. The molecule has 0 bridgehead atoms. The fourth-order valence-electron chi connectivity index (χ4n) is 3.74. The lowest BCUT2D eigenvalue weighted by atomic mass is 9.79. The maximum absolute atomic E-state index is 6.52. The third-order valence-electron chi connectivity index (χ3n) is 4.72. The minimum absolute atomic E-state index is 0.151. The summed E-state index contributed by atoms with van der Waals surface area (Å²) in [5, 5.41) is 0.796. The maximum Gasteiger partial charge on any atom is 0.0415 e. The van der Waals surface area contributed by atoms with Crippen LogP contribution in [0.2, 0.25) is 5.02 Å². The van der Waals surface area contributed by atoms with E-state index in [2.05, 4.69) is 24.1 Å². The standard InChI is InChI=1S/C15H21ClN2/c1-18-13-6-4-2-3-5-11(13)15(17)12-9-10(16)7-8-14(12)18/h7-9,11,13,15H,2-6,17H2,1H3. The van der Waals surface area contributed by atoms with Gasteiger partial charge in [-0.15, -0.1) is 0 Å². The van der Waals surface area contributed by atoms with Crippen LogP contribution in [0.1, 0.15) is 43.7 Å². The zero-order valence-corrected chi connectivity index (χ0v) is 11.7. The summed E-state index contributed by atoms with van der Waals surface area (Å²) in [6.07, 6.45) is 6.53. The molecule has 0 amide bonds. The van der Waals surface area contributed by atoms with Gasteiger partial charge in [-0.05, 0) is 42.5 Å². The molecule has 1 aliphatic heterocycles. The van der Waals surface area contributed by atoms with Crippen LogP contribution in [0, 0.1) is 5.92 Å². The number of anilines is 1. The third-order valence-corrected chi connectivity index (χ3v) is 4.95. The van der Waals surface area contributed by atoms with Crippen molar-refractivity contribution < 1.29 is 0 Å². The summed E-state index contributed by atoms with van der Waals surface area (Å²) in [7, 11) is 2.21. The van der Waals surface area contributed by atoms with Gasteiger partial charge in [-0.3, -0.25) is 0 Å². The van der Waals surface area contributed by atoms with Crippen molar-refractivity contribution in [2.24, 2.45) is 11.7 Å². The molecule has 2 nitrogen and oxygen atoms in total. The Morgan fingerprint density at radius 1 is 1.22 bits per heavy atom. The number of fused-ring (bicyclic) bond motifs is 2. The molecule has 2 aliphatic rings. The van der Waals surface area contributed by atoms with Gasteiger partial charge in [0.1, 0.15) is 0 Å². The quantitative estimate of drug-likeness (QED) is 0.774. The zero-order chi connectivity index (χ0) is 12.7. The summed E-state index contributed by atoms with van der Waals surface area (Å²) >= 11 is 6.12. The molecular weight excluding hydrogens is 244 g/mol. The molecule has 1 aromatic rings. The van der Waals surface area contributed by atoms with Crippen LogP contribution in [-0.4, -0.2) is 13.1 Å². The number of benzene rings is 1. The summed E-state index contributed by atoms with van der Waals surface area (Å²) in [4.78, 5) is 2.44. The molecule has 1 aromatic carbocycles. The van der Waals surface area contributed by atoms with E-state index in [1.54, 1.807) is 0 Å². The molecule has 18 heavy (non-hydrogen) atoms. The van der Waals surface area contributed by atoms with Crippen molar-refractivity contribution in [3.05, 3.63) is 28.8 Å². The summed E-state index contributed by atoms with van der Waals surface area (Å²) in [5.74, 6) is 0.587. The molecule has 3 unspecified atom stereocenters. The first kappa shape index (κ1) is 12.3. The molecule has 0 spiro atoms. The number of hydrogen-bond acceptors (Lipinski definition) is 2. The van der Waals surface area contributed by atoms with Crippen molar-refractivity contribution in [3.8, 4) is 0 Å². The Kier molecular flexibility index (Phi) is 3.25. The van der Waals surface area contributed by atoms with Crippen LogP contribution >= 0.6 is 11.6 Å². The smallest absolute Gasteiger partial charge is 0.0415 e. The van der Waals surface area contributed by atoms with E-state index in [0.29, 0.717) is 12.0 Å². The lowest BCUT2D eigenvalue weighted by Gasteiger charge is -2.44. The number of rotatable bonds is 0. The van der Waals surface area contributed by atoms with Crippen molar-refractivity contribution >= 4 is 17.3 Å². The molecule has 1 fully saturated rings. The predicted molar refractivity (Wildman–Crippen MR) is 77.1 cm³/mol. The first-order valence-corrected chi connectivity index (χ1v) is 7.34. The second-order valence-electron chi connectivity index (χ2n) is 5.71. The molecule has 2 N–H and O–H groups in total. The monoisotopic (exact) mass is 264 g/mol. The van der Waals surface area contributed by atoms with Crippen LogP contribution in [0.4, 0.5) is 5.69 Å². The molecule has 3 rings (SSSR count). The Hall–Kier alpha value is -0.730. The second-order valence-corrected chi connectivity index (χ2v) is 6.15. The van der Waals surface area contributed by atoms with Gasteiger partial charge in [0.25, 0.3) is 0 Å². The summed E-state index contributed by atoms with van der Waals surface area (Å²) in [6, 6.07) is 6.91. The topological polar surface area (TPSA) is 29.3 Å². The molecule has 1 aliphatic carbocycles. The van der Waals surface area contributed by atoms with Crippen molar-refractivity contribution in [1.29, 1.82) is 0 Å². The molecule has 3 atom stereocenters. The highest BCUT2D eigenvalue weighted by atomic mass is 35.5. The largest absolute Gasteiger partial charge is 0.371 e. The molecular formula is C15H21ClN2.